The topological polar surface area (TPSA) is 66.9 Å². The highest BCUT2D eigenvalue weighted by Crippen LogP contribution is 2.25. The summed E-state index contributed by atoms with van der Waals surface area (Å²) >= 11 is 1.36. The van der Waals surface area contributed by atoms with Crippen LogP contribution in [0, 0.1) is 0 Å². The van der Waals surface area contributed by atoms with E-state index in [1.54, 1.807) is 0 Å². The number of benzene rings is 1. The third kappa shape index (κ3) is 2.80. The zero-order valence-corrected chi connectivity index (χ0v) is 11.1. The highest BCUT2D eigenvalue weighted by atomic mass is 32.1. The van der Waals surface area contributed by atoms with Crippen molar-refractivity contribution in [1.82, 2.24) is 15.5 Å². The lowest BCUT2D eigenvalue weighted by Gasteiger charge is -2.03. The van der Waals surface area contributed by atoms with E-state index in [9.17, 15) is 4.79 Å². The van der Waals surface area contributed by atoms with E-state index in [1.165, 1.54) is 11.3 Å². The Balaban J connectivity index is 1.70. The maximum absolute atomic E-state index is 12.0. The zero-order chi connectivity index (χ0) is 13.1. The molecule has 1 atom stereocenters. The van der Waals surface area contributed by atoms with Crippen molar-refractivity contribution in [3.05, 3.63) is 40.3 Å². The van der Waals surface area contributed by atoms with Gasteiger partial charge in [-0.25, -0.2) is 0 Å². The van der Waals surface area contributed by atoms with Gasteiger partial charge in [0.15, 0.2) is 0 Å². The Morgan fingerprint density at radius 1 is 1.32 bits per heavy atom. The molecule has 1 aromatic heterocycles. The summed E-state index contributed by atoms with van der Waals surface area (Å²) in [6.45, 7) is 1.01. The van der Waals surface area contributed by atoms with Gasteiger partial charge in [0.25, 0.3) is 5.91 Å². The molecule has 1 aliphatic heterocycles. The van der Waals surface area contributed by atoms with E-state index in [2.05, 4.69) is 20.8 Å². The summed E-state index contributed by atoms with van der Waals surface area (Å²) < 4.78 is 0. The molecular weight excluding hydrogens is 260 g/mol. The van der Waals surface area contributed by atoms with Crippen LogP contribution in [0.1, 0.15) is 33.7 Å². The number of carbonyl (C=O) groups excluding carboxylic acids is 1. The van der Waals surface area contributed by atoms with Crippen LogP contribution in [0.15, 0.2) is 30.3 Å². The van der Waals surface area contributed by atoms with Crippen LogP contribution in [0.3, 0.4) is 0 Å². The van der Waals surface area contributed by atoms with Crippen molar-refractivity contribution in [3.63, 3.8) is 0 Å². The summed E-state index contributed by atoms with van der Waals surface area (Å²) in [6, 6.07) is 9.62. The van der Waals surface area contributed by atoms with Gasteiger partial charge in [-0.3, -0.25) is 4.79 Å². The molecule has 0 spiro atoms. The maximum atomic E-state index is 12.0. The fourth-order valence-electron chi connectivity index (χ4n) is 2.07. The molecule has 1 aliphatic rings. The lowest BCUT2D eigenvalue weighted by atomic mass is 10.2. The normalized spacial score (nSPS) is 18.4. The maximum Gasteiger partial charge on any atom is 0.286 e. The third-order valence-electron chi connectivity index (χ3n) is 3.02. The van der Waals surface area contributed by atoms with Gasteiger partial charge in [-0.1, -0.05) is 29.5 Å². The average molecular weight is 274 g/mol. The summed E-state index contributed by atoms with van der Waals surface area (Å²) in [5.41, 5.74) is 0.767. The number of nitrogens with one attached hydrogen (secondary N) is 2. The van der Waals surface area contributed by atoms with E-state index < -0.39 is 0 Å². The van der Waals surface area contributed by atoms with E-state index in [1.807, 2.05) is 30.3 Å². The first kappa shape index (κ1) is 12.3. The third-order valence-corrected chi connectivity index (χ3v) is 4.06. The molecule has 6 heteroatoms. The number of hydrogen-bond acceptors (Lipinski definition) is 5. The molecule has 2 heterocycles. The monoisotopic (exact) mass is 274 g/mol. The number of hydrogen-bond donors (Lipinski definition) is 2. The fourth-order valence-corrected chi connectivity index (χ4v) is 2.92. The highest BCUT2D eigenvalue weighted by Gasteiger charge is 2.22. The average Bonchev–Trinajstić information content (AvgIpc) is 3.11. The predicted molar refractivity (Wildman–Crippen MR) is 74.3 cm³/mol. The molecule has 2 N–H and O–H groups in total. The molecule has 0 radical (unpaired) electrons. The SMILES string of the molecule is O=C(Nc1ccccc1)c1nnc([C@@H]2CCCN2)s1. The Bertz CT molecular complexity index is 563. The van der Waals surface area contributed by atoms with Crippen molar-refractivity contribution < 1.29 is 4.79 Å². The number of amides is 1. The summed E-state index contributed by atoms with van der Waals surface area (Å²) in [6.07, 6.45) is 2.21. The number of aromatic nitrogens is 2. The van der Waals surface area contributed by atoms with Crippen LogP contribution >= 0.6 is 11.3 Å². The van der Waals surface area contributed by atoms with E-state index in [0.717, 1.165) is 30.1 Å². The van der Waals surface area contributed by atoms with Gasteiger partial charge in [0.2, 0.25) is 5.01 Å². The molecule has 0 unspecified atom stereocenters. The standard InChI is InChI=1S/C13H14N4OS/c18-11(15-9-5-2-1-3-6-9)13-17-16-12(19-13)10-7-4-8-14-10/h1-3,5-6,10,14H,4,7-8H2,(H,15,18)/t10-/m0/s1. The Hall–Kier alpha value is -1.79. The molecule has 19 heavy (non-hydrogen) atoms. The zero-order valence-electron chi connectivity index (χ0n) is 10.3. The van der Waals surface area contributed by atoms with E-state index >= 15 is 0 Å². The number of anilines is 1. The molecule has 98 valence electrons. The second-order valence-electron chi connectivity index (χ2n) is 4.41. The van der Waals surface area contributed by atoms with Crippen molar-refractivity contribution in [2.24, 2.45) is 0 Å². The first-order valence-electron chi connectivity index (χ1n) is 6.26. The van der Waals surface area contributed by atoms with Gasteiger partial charge in [0.05, 0.1) is 6.04 Å². The molecule has 3 rings (SSSR count). The van der Waals surface area contributed by atoms with Gasteiger partial charge in [-0.15, -0.1) is 10.2 Å². The Morgan fingerprint density at radius 3 is 2.89 bits per heavy atom. The van der Waals surface area contributed by atoms with Crippen LogP contribution in [-0.2, 0) is 0 Å². The summed E-state index contributed by atoms with van der Waals surface area (Å²) in [5, 5.41) is 15.5. The fraction of sp³-hybridized carbons (Fsp3) is 0.308. The molecule has 1 saturated heterocycles. The van der Waals surface area contributed by atoms with E-state index in [-0.39, 0.29) is 11.9 Å². The minimum atomic E-state index is -0.201. The van der Waals surface area contributed by atoms with Crippen molar-refractivity contribution in [1.29, 1.82) is 0 Å². The molecule has 2 aromatic rings. The van der Waals surface area contributed by atoms with Gasteiger partial charge in [-0.05, 0) is 31.5 Å². The predicted octanol–water partition coefficient (Wildman–Crippen LogP) is 2.21. The molecule has 1 amide bonds. The van der Waals surface area contributed by atoms with Gasteiger partial charge in [0.1, 0.15) is 5.01 Å². The Kier molecular flexibility index (Phi) is 3.52. The minimum absolute atomic E-state index is 0.201. The second kappa shape index (κ2) is 5.46. The van der Waals surface area contributed by atoms with Crippen molar-refractivity contribution in [3.8, 4) is 0 Å². The van der Waals surface area contributed by atoms with E-state index in [4.69, 9.17) is 0 Å². The lowest BCUT2D eigenvalue weighted by molar-refractivity contribution is 0.102. The molecule has 0 bridgehead atoms. The molecule has 1 fully saturated rings. The van der Waals surface area contributed by atoms with Crippen molar-refractivity contribution in [2.75, 3.05) is 11.9 Å². The van der Waals surface area contributed by atoms with Crippen LogP contribution in [-0.4, -0.2) is 22.6 Å². The minimum Gasteiger partial charge on any atom is -0.320 e. The first-order valence-corrected chi connectivity index (χ1v) is 7.08. The largest absolute Gasteiger partial charge is 0.320 e. The number of rotatable bonds is 3. The molecular formula is C13H14N4OS. The van der Waals surface area contributed by atoms with Crippen LogP contribution in [0.25, 0.3) is 0 Å². The van der Waals surface area contributed by atoms with E-state index in [0.29, 0.717) is 5.01 Å². The van der Waals surface area contributed by atoms with Crippen LogP contribution in [0.4, 0.5) is 5.69 Å². The summed E-state index contributed by atoms with van der Waals surface area (Å²) in [4.78, 5) is 12.0. The lowest BCUT2D eigenvalue weighted by Crippen LogP contribution is -2.12. The van der Waals surface area contributed by atoms with Gasteiger partial charge in [-0.2, -0.15) is 0 Å². The van der Waals surface area contributed by atoms with Crippen molar-refractivity contribution in [2.45, 2.75) is 18.9 Å². The molecule has 5 nitrogen and oxygen atoms in total. The molecule has 1 aromatic carbocycles. The summed E-state index contributed by atoms with van der Waals surface area (Å²) in [5.74, 6) is -0.201. The number of nitrogens with zero attached hydrogens (tertiary/aromatic N) is 2. The Morgan fingerprint density at radius 2 is 2.16 bits per heavy atom. The van der Waals surface area contributed by atoms with Gasteiger partial charge in [0, 0.05) is 5.69 Å². The van der Waals surface area contributed by atoms with Crippen LogP contribution in [0.2, 0.25) is 0 Å². The van der Waals surface area contributed by atoms with Gasteiger partial charge >= 0.3 is 0 Å². The van der Waals surface area contributed by atoms with Crippen molar-refractivity contribution >= 4 is 22.9 Å². The number of carbonyl (C=O) groups is 1. The quantitative estimate of drug-likeness (QED) is 0.900. The molecule has 0 aliphatic carbocycles. The number of para-hydroxylation sites is 1. The first-order chi connectivity index (χ1) is 9.33. The Labute approximate surface area is 115 Å². The van der Waals surface area contributed by atoms with Gasteiger partial charge < -0.3 is 10.6 Å². The molecule has 0 saturated carbocycles. The van der Waals surface area contributed by atoms with Crippen LogP contribution < -0.4 is 10.6 Å². The summed E-state index contributed by atoms with van der Waals surface area (Å²) in [7, 11) is 0. The smallest absolute Gasteiger partial charge is 0.286 e. The highest BCUT2D eigenvalue weighted by molar-refractivity contribution is 7.13. The van der Waals surface area contributed by atoms with Crippen LogP contribution in [0.5, 0.6) is 0 Å². The second-order valence-corrected chi connectivity index (χ2v) is 5.42.